The Hall–Kier alpha value is -2.11. The molecule has 6 nitrogen and oxygen atoms in total. The van der Waals surface area contributed by atoms with Gasteiger partial charge in [-0.3, -0.25) is 9.78 Å². The molecule has 0 aliphatic rings. The van der Waals surface area contributed by atoms with Crippen LogP contribution >= 0.6 is 0 Å². The quantitative estimate of drug-likeness (QED) is 0.656. The fraction of sp³-hybridized carbons (Fsp3) is 0.222. The number of rotatable bonds is 3. The predicted octanol–water partition coefficient (Wildman–Crippen LogP) is 0.0769. The van der Waals surface area contributed by atoms with Gasteiger partial charge in [-0.25, -0.2) is 4.79 Å². The molecule has 1 heterocycles. The van der Waals surface area contributed by atoms with Crippen LogP contribution in [0.5, 0.6) is 0 Å². The number of pyridine rings is 1. The van der Waals surface area contributed by atoms with E-state index < -0.39 is 18.0 Å². The number of hydrogen-bond acceptors (Lipinski definition) is 3. The molecule has 0 radical (unpaired) electrons. The highest BCUT2D eigenvalue weighted by molar-refractivity contribution is 5.92. The lowest BCUT2D eigenvalue weighted by Crippen LogP contribution is -2.44. The lowest BCUT2D eigenvalue weighted by atomic mass is 10.3. The van der Waals surface area contributed by atoms with Crippen LogP contribution in [0.2, 0.25) is 0 Å². The molecule has 0 aliphatic heterocycles. The first kappa shape index (κ1) is 11.0. The molecule has 0 aromatic carbocycles. The summed E-state index contributed by atoms with van der Waals surface area (Å²) >= 11 is 0. The Morgan fingerprint density at radius 1 is 1.40 bits per heavy atom. The second-order valence-corrected chi connectivity index (χ2v) is 2.96. The van der Waals surface area contributed by atoms with Gasteiger partial charge < -0.3 is 16.4 Å². The van der Waals surface area contributed by atoms with Gasteiger partial charge >= 0.3 is 6.03 Å². The van der Waals surface area contributed by atoms with Crippen molar-refractivity contribution in [2.24, 2.45) is 5.73 Å². The number of hydrogen-bond donors (Lipinski definition) is 3. The number of anilines is 1. The monoisotopic (exact) mass is 208 g/mol. The third kappa shape index (κ3) is 3.63. The molecule has 1 aromatic rings. The molecule has 0 spiro atoms. The Balaban J connectivity index is 2.47. The van der Waals surface area contributed by atoms with E-state index in [-0.39, 0.29) is 0 Å². The van der Waals surface area contributed by atoms with Gasteiger partial charge in [-0.15, -0.1) is 0 Å². The summed E-state index contributed by atoms with van der Waals surface area (Å²) in [4.78, 5) is 25.7. The lowest BCUT2D eigenvalue weighted by Gasteiger charge is -2.10. The molecule has 0 saturated carbocycles. The minimum atomic E-state index is -0.702. The van der Waals surface area contributed by atoms with Gasteiger partial charge in [0.25, 0.3) is 0 Å². The van der Waals surface area contributed by atoms with Gasteiger partial charge in [0, 0.05) is 18.1 Å². The van der Waals surface area contributed by atoms with E-state index in [1.165, 1.54) is 6.92 Å². The number of primary amides is 1. The van der Waals surface area contributed by atoms with E-state index in [0.29, 0.717) is 5.69 Å². The van der Waals surface area contributed by atoms with Crippen LogP contribution in [0, 0.1) is 0 Å². The van der Waals surface area contributed by atoms with Gasteiger partial charge in [0.15, 0.2) is 0 Å². The summed E-state index contributed by atoms with van der Waals surface area (Å²) in [5.41, 5.74) is 5.58. The zero-order chi connectivity index (χ0) is 11.3. The summed E-state index contributed by atoms with van der Waals surface area (Å²) < 4.78 is 0. The number of nitrogens with two attached hydrogens (primary N) is 1. The second-order valence-electron chi connectivity index (χ2n) is 2.96. The molecule has 1 aromatic heterocycles. The van der Waals surface area contributed by atoms with Crippen LogP contribution in [-0.2, 0) is 4.79 Å². The molecular formula is C9H12N4O2. The fourth-order valence-electron chi connectivity index (χ4n) is 0.870. The average Bonchev–Trinajstić information content (AvgIpc) is 2.18. The number of amides is 3. The maximum Gasteiger partial charge on any atom is 0.319 e. The molecule has 1 atom stereocenters. The third-order valence-electron chi connectivity index (χ3n) is 1.71. The number of aromatic nitrogens is 1. The van der Waals surface area contributed by atoms with Crippen LogP contribution in [0.3, 0.4) is 0 Å². The van der Waals surface area contributed by atoms with E-state index >= 15 is 0 Å². The van der Waals surface area contributed by atoms with Crippen molar-refractivity contribution in [2.75, 3.05) is 5.32 Å². The first-order valence-corrected chi connectivity index (χ1v) is 4.36. The van der Waals surface area contributed by atoms with E-state index in [1.807, 2.05) is 0 Å². The van der Waals surface area contributed by atoms with Crippen LogP contribution < -0.4 is 16.4 Å². The number of nitrogens with one attached hydrogen (secondary N) is 2. The van der Waals surface area contributed by atoms with Crippen molar-refractivity contribution in [3.8, 4) is 0 Å². The standard InChI is InChI=1S/C9H12N4O2/c1-6(8(10)14)12-9(15)13-7-2-4-11-5-3-7/h2-6H,1H3,(H2,10,14)(H2,11,12,13,15). The normalized spacial score (nSPS) is 11.5. The van der Waals surface area contributed by atoms with Gasteiger partial charge in [-0.05, 0) is 19.1 Å². The highest BCUT2D eigenvalue weighted by Gasteiger charge is 2.11. The Labute approximate surface area is 86.9 Å². The first-order chi connectivity index (χ1) is 7.09. The van der Waals surface area contributed by atoms with E-state index in [0.717, 1.165) is 0 Å². The molecule has 6 heteroatoms. The van der Waals surface area contributed by atoms with Gasteiger partial charge in [0.1, 0.15) is 6.04 Å². The number of nitrogens with zero attached hydrogens (tertiary/aromatic N) is 1. The summed E-state index contributed by atoms with van der Waals surface area (Å²) in [5, 5.41) is 4.91. The van der Waals surface area contributed by atoms with Crippen molar-refractivity contribution in [3.05, 3.63) is 24.5 Å². The van der Waals surface area contributed by atoms with Gasteiger partial charge in [0.2, 0.25) is 5.91 Å². The van der Waals surface area contributed by atoms with E-state index in [1.54, 1.807) is 24.5 Å². The molecule has 15 heavy (non-hydrogen) atoms. The first-order valence-electron chi connectivity index (χ1n) is 4.36. The second kappa shape index (κ2) is 4.94. The Morgan fingerprint density at radius 2 is 2.00 bits per heavy atom. The maximum absolute atomic E-state index is 11.3. The topological polar surface area (TPSA) is 97.1 Å². The van der Waals surface area contributed by atoms with E-state index in [2.05, 4.69) is 15.6 Å². The zero-order valence-electron chi connectivity index (χ0n) is 8.23. The Kier molecular flexibility index (Phi) is 3.61. The van der Waals surface area contributed by atoms with Crippen molar-refractivity contribution in [2.45, 2.75) is 13.0 Å². The van der Waals surface area contributed by atoms with Crippen molar-refractivity contribution in [3.63, 3.8) is 0 Å². The summed E-state index contributed by atoms with van der Waals surface area (Å²) in [6.07, 6.45) is 3.10. The number of urea groups is 1. The molecular weight excluding hydrogens is 196 g/mol. The Bertz CT molecular complexity index is 352. The minimum absolute atomic E-state index is 0.479. The molecule has 3 amide bonds. The van der Waals surface area contributed by atoms with Crippen LogP contribution in [0.15, 0.2) is 24.5 Å². The SMILES string of the molecule is CC(NC(=O)Nc1ccncc1)C(N)=O. The van der Waals surface area contributed by atoms with Gasteiger partial charge in [0.05, 0.1) is 0 Å². The predicted molar refractivity (Wildman–Crippen MR) is 55.0 cm³/mol. The zero-order valence-corrected chi connectivity index (χ0v) is 8.23. The van der Waals surface area contributed by atoms with Crippen LogP contribution in [0.1, 0.15) is 6.92 Å². The third-order valence-corrected chi connectivity index (χ3v) is 1.71. The molecule has 1 rings (SSSR count). The van der Waals surface area contributed by atoms with E-state index in [4.69, 9.17) is 5.73 Å². The molecule has 0 bridgehead atoms. The number of carbonyl (C=O) groups excluding carboxylic acids is 2. The Morgan fingerprint density at radius 3 is 2.53 bits per heavy atom. The van der Waals surface area contributed by atoms with Crippen LogP contribution in [-0.4, -0.2) is 23.0 Å². The molecule has 0 aliphatic carbocycles. The fourth-order valence-corrected chi connectivity index (χ4v) is 0.870. The van der Waals surface area contributed by atoms with Crippen molar-refractivity contribution in [1.82, 2.24) is 10.3 Å². The highest BCUT2D eigenvalue weighted by Crippen LogP contribution is 2.02. The maximum atomic E-state index is 11.3. The summed E-state index contributed by atoms with van der Waals surface area (Å²) in [5.74, 6) is -0.583. The molecule has 0 saturated heterocycles. The van der Waals surface area contributed by atoms with E-state index in [9.17, 15) is 9.59 Å². The van der Waals surface area contributed by atoms with Crippen LogP contribution in [0.25, 0.3) is 0 Å². The average molecular weight is 208 g/mol. The molecule has 80 valence electrons. The minimum Gasteiger partial charge on any atom is -0.368 e. The van der Waals surface area contributed by atoms with Crippen molar-refractivity contribution < 1.29 is 9.59 Å². The van der Waals surface area contributed by atoms with Crippen molar-refractivity contribution in [1.29, 1.82) is 0 Å². The highest BCUT2D eigenvalue weighted by atomic mass is 16.2. The summed E-state index contributed by atoms with van der Waals surface area (Å²) in [6, 6.07) is 2.09. The lowest BCUT2D eigenvalue weighted by molar-refractivity contribution is -0.119. The number of carbonyl (C=O) groups is 2. The largest absolute Gasteiger partial charge is 0.368 e. The molecule has 0 fully saturated rings. The van der Waals surface area contributed by atoms with Gasteiger partial charge in [-0.1, -0.05) is 0 Å². The van der Waals surface area contributed by atoms with Crippen LogP contribution in [0.4, 0.5) is 10.5 Å². The summed E-state index contributed by atoms with van der Waals surface area (Å²) in [7, 11) is 0. The smallest absolute Gasteiger partial charge is 0.319 e. The molecule has 1 unspecified atom stereocenters. The van der Waals surface area contributed by atoms with Gasteiger partial charge in [-0.2, -0.15) is 0 Å². The summed E-state index contributed by atoms with van der Waals surface area (Å²) in [6.45, 7) is 1.51. The molecule has 4 N–H and O–H groups in total. The van der Waals surface area contributed by atoms with Crippen molar-refractivity contribution >= 4 is 17.6 Å².